The zero-order valence-corrected chi connectivity index (χ0v) is 10.5. The van der Waals surface area contributed by atoms with E-state index in [1.165, 1.54) is 21.5 Å². The lowest BCUT2D eigenvalue weighted by Gasteiger charge is -2.07. The average Bonchev–Trinajstić information content (AvgIpc) is 2.94. The molecule has 2 aromatic heterocycles. The lowest BCUT2D eigenvalue weighted by molar-refractivity contribution is 0.842. The van der Waals surface area contributed by atoms with Crippen LogP contribution >= 0.6 is 11.3 Å². The molecule has 17 heavy (non-hydrogen) atoms. The van der Waals surface area contributed by atoms with Crippen LogP contribution in [0.2, 0.25) is 0 Å². The van der Waals surface area contributed by atoms with Gasteiger partial charge in [0.15, 0.2) is 0 Å². The quantitative estimate of drug-likeness (QED) is 0.738. The van der Waals surface area contributed by atoms with E-state index in [4.69, 9.17) is 0 Å². The molecule has 0 amide bonds. The Morgan fingerprint density at radius 1 is 1.24 bits per heavy atom. The smallest absolute Gasteiger partial charge is 0.0553 e. The number of aryl methyl sites for hydroxylation is 1. The SMILES string of the molecule is Cn1cccc1CNc1ccc2sccc2c1. The summed E-state index contributed by atoms with van der Waals surface area (Å²) in [5.41, 5.74) is 2.47. The van der Waals surface area contributed by atoms with E-state index in [1.807, 2.05) is 0 Å². The molecule has 86 valence electrons. The molecule has 0 aliphatic heterocycles. The maximum absolute atomic E-state index is 3.45. The summed E-state index contributed by atoms with van der Waals surface area (Å²) in [6.07, 6.45) is 2.07. The second-order valence-electron chi connectivity index (χ2n) is 4.14. The van der Waals surface area contributed by atoms with Gasteiger partial charge in [-0.1, -0.05) is 0 Å². The number of hydrogen-bond acceptors (Lipinski definition) is 2. The van der Waals surface area contributed by atoms with Crippen LogP contribution in [0, 0.1) is 0 Å². The molecule has 3 rings (SSSR count). The van der Waals surface area contributed by atoms with Crippen molar-refractivity contribution in [1.82, 2.24) is 4.57 Å². The van der Waals surface area contributed by atoms with Crippen molar-refractivity contribution in [1.29, 1.82) is 0 Å². The highest BCUT2D eigenvalue weighted by Gasteiger charge is 1.99. The molecule has 3 heteroatoms. The first-order chi connectivity index (χ1) is 8.33. The second kappa shape index (κ2) is 4.26. The third kappa shape index (κ3) is 2.06. The van der Waals surface area contributed by atoms with Crippen LogP contribution in [0.25, 0.3) is 10.1 Å². The summed E-state index contributed by atoms with van der Waals surface area (Å²) in [5, 5.41) is 6.90. The van der Waals surface area contributed by atoms with E-state index in [9.17, 15) is 0 Å². The fourth-order valence-electron chi connectivity index (χ4n) is 1.95. The monoisotopic (exact) mass is 242 g/mol. The van der Waals surface area contributed by atoms with Crippen LogP contribution in [0.1, 0.15) is 5.69 Å². The predicted molar refractivity (Wildman–Crippen MR) is 74.6 cm³/mol. The minimum Gasteiger partial charge on any atom is -0.379 e. The zero-order valence-electron chi connectivity index (χ0n) is 9.68. The Bertz CT molecular complexity index is 636. The van der Waals surface area contributed by atoms with Crippen LogP contribution in [0.15, 0.2) is 48.0 Å². The highest BCUT2D eigenvalue weighted by Crippen LogP contribution is 2.24. The van der Waals surface area contributed by atoms with Crippen molar-refractivity contribution in [2.24, 2.45) is 7.05 Å². The van der Waals surface area contributed by atoms with Crippen LogP contribution in [0.4, 0.5) is 5.69 Å². The van der Waals surface area contributed by atoms with E-state index in [0.29, 0.717) is 0 Å². The molecule has 0 fully saturated rings. The lowest BCUT2D eigenvalue weighted by Crippen LogP contribution is -2.03. The summed E-state index contributed by atoms with van der Waals surface area (Å²) >= 11 is 1.78. The number of nitrogens with one attached hydrogen (secondary N) is 1. The molecule has 0 atom stereocenters. The van der Waals surface area contributed by atoms with E-state index in [-0.39, 0.29) is 0 Å². The van der Waals surface area contributed by atoms with E-state index >= 15 is 0 Å². The molecule has 0 saturated carbocycles. The number of hydrogen-bond donors (Lipinski definition) is 1. The molecule has 2 heterocycles. The van der Waals surface area contributed by atoms with Crippen molar-refractivity contribution >= 4 is 27.1 Å². The van der Waals surface area contributed by atoms with Crippen molar-refractivity contribution in [2.75, 3.05) is 5.32 Å². The van der Waals surface area contributed by atoms with Gasteiger partial charge in [-0.3, -0.25) is 0 Å². The summed E-state index contributed by atoms with van der Waals surface area (Å²) in [6, 6.07) is 12.9. The van der Waals surface area contributed by atoms with Crippen LogP contribution in [-0.4, -0.2) is 4.57 Å². The maximum Gasteiger partial charge on any atom is 0.0553 e. The fourth-order valence-corrected chi connectivity index (χ4v) is 2.72. The molecule has 2 nitrogen and oxygen atoms in total. The minimum atomic E-state index is 0.860. The van der Waals surface area contributed by atoms with Crippen molar-refractivity contribution in [3.63, 3.8) is 0 Å². The van der Waals surface area contributed by atoms with Gasteiger partial charge in [0, 0.05) is 29.3 Å². The number of thiophene rings is 1. The van der Waals surface area contributed by atoms with Gasteiger partial charge >= 0.3 is 0 Å². The van der Waals surface area contributed by atoms with Crippen LogP contribution in [0.3, 0.4) is 0 Å². The summed E-state index contributed by atoms with van der Waals surface area (Å²) in [6.45, 7) is 0.860. The zero-order chi connectivity index (χ0) is 11.7. The van der Waals surface area contributed by atoms with E-state index in [0.717, 1.165) is 6.54 Å². The number of nitrogens with zero attached hydrogens (tertiary/aromatic N) is 1. The Morgan fingerprint density at radius 3 is 3.00 bits per heavy atom. The number of rotatable bonds is 3. The largest absolute Gasteiger partial charge is 0.379 e. The summed E-state index contributed by atoms with van der Waals surface area (Å²) in [7, 11) is 2.07. The maximum atomic E-state index is 3.45. The number of fused-ring (bicyclic) bond motifs is 1. The molecule has 0 aliphatic carbocycles. The van der Waals surface area contributed by atoms with Gasteiger partial charge in [0.1, 0.15) is 0 Å². The first-order valence-electron chi connectivity index (χ1n) is 5.64. The summed E-state index contributed by atoms with van der Waals surface area (Å²) in [4.78, 5) is 0. The molecule has 1 aromatic carbocycles. The van der Waals surface area contributed by atoms with E-state index < -0.39 is 0 Å². The molecular weight excluding hydrogens is 228 g/mol. The summed E-state index contributed by atoms with van der Waals surface area (Å²) < 4.78 is 3.48. The Balaban J connectivity index is 1.78. The average molecular weight is 242 g/mol. The Morgan fingerprint density at radius 2 is 2.18 bits per heavy atom. The van der Waals surface area contributed by atoms with Gasteiger partial charge in [-0.2, -0.15) is 0 Å². The Hall–Kier alpha value is -1.74. The first kappa shape index (κ1) is 10.4. The molecule has 0 spiro atoms. The predicted octanol–water partition coefficient (Wildman–Crippen LogP) is 3.85. The van der Waals surface area contributed by atoms with Crippen LogP contribution in [0.5, 0.6) is 0 Å². The van der Waals surface area contributed by atoms with E-state index in [2.05, 4.69) is 64.9 Å². The van der Waals surface area contributed by atoms with Gasteiger partial charge in [-0.15, -0.1) is 11.3 Å². The molecule has 0 aliphatic rings. The minimum absolute atomic E-state index is 0.860. The molecule has 0 radical (unpaired) electrons. The van der Waals surface area contributed by atoms with Gasteiger partial charge in [0.2, 0.25) is 0 Å². The van der Waals surface area contributed by atoms with Crippen LogP contribution in [-0.2, 0) is 13.6 Å². The topological polar surface area (TPSA) is 17.0 Å². The van der Waals surface area contributed by atoms with Crippen molar-refractivity contribution in [2.45, 2.75) is 6.54 Å². The van der Waals surface area contributed by atoms with Gasteiger partial charge in [-0.05, 0) is 47.2 Å². The Labute approximate surface area is 105 Å². The van der Waals surface area contributed by atoms with Gasteiger partial charge in [0.05, 0.1) is 6.54 Å². The van der Waals surface area contributed by atoms with Gasteiger partial charge in [0.25, 0.3) is 0 Å². The number of benzene rings is 1. The third-order valence-corrected chi connectivity index (χ3v) is 3.88. The summed E-state index contributed by atoms with van der Waals surface area (Å²) in [5.74, 6) is 0. The Kier molecular flexibility index (Phi) is 2.61. The second-order valence-corrected chi connectivity index (χ2v) is 5.08. The fraction of sp³-hybridized carbons (Fsp3) is 0.143. The van der Waals surface area contributed by atoms with Crippen LogP contribution < -0.4 is 5.32 Å². The molecule has 1 N–H and O–H groups in total. The third-order valence-electron chi connectivity index (χ3n) is 2.98. The van der Waals surface area contributed by atoms with Gasteiger partial charge < -0.3 is 9.88 Å². The number of anilines is 1. The normalized spacial score (nSPS) is 10.9. The molecular formula is C14H14N2S. The van der Waals surface area contributed by atoms with E-state index in [1.54, 1.807) is 11.3 Å². The first-order valence-corrected chi connectivity index (χ1v) is 6.52. The molecule has 3 aromatic rings. The van der Waals surface area contributed by atoms with Gasteiger partial charge in [-0.25, -0.2) is 0 Å². The van der Waals surface area contributed by atoms with Crippen molar-refractivity contribution < 1.29 is 0 Å². The number of aromatic nitrogens is 1. The van der Waals surface area contributed by atoms with Crippen molar-refractivity contribution in [3.05, 3.63) is 53.7 Å². The highest BCUT2D eigenvalue weighted by molar-refractivity contribution is 7.17. The molecule has 0 saturated heterocycles. The standard InChI is InChI=1S/C14H14N2S/c1-16-7-2-3-13(16)10-15-12-4-5-14-11(9-12)6-8-17-14/h2-9,15H,10H2,1H3. The lowest BCUT2D eigenvalue weighted by atomic mass is 10.2. The highest BCUT2D eigenvalue weighted by atomic mass is 32.1. The van der Waals surface area contributed by atoms with Crippen molar-refractivity contribution in [3.8, 4) is 0 Å². The molecule has 0 bridgehead atoms. The molecule has 0 unspecified atom stereocenters.